The molecule has 1 heterocycles. The Hall–Kier alpha value is -4.11. The number of primary amides is 1. The van der Waals surface area contributed by atoms with E-state index in [1.54, 1.807) is 24.3 Å². The zero-order valence-electron chi connectivity index (χ0n) is 19.7. The lowest BCUT2D eigenvalue weighted by atomic mass is 9.98. The van der Waals surface area contributed by atoms with Crippen LogP contribution < -0.4 is 15.2 Å². The van der Waals surface area contributed by atoms with E-state index in [9.17, 15) is 19.2 Å². The van der Waals surface area contributed by atoms with Crippen LogP contribution in [0.15, 0.2) is 66.7 Å². The number of amides is 3. The summed E-state index contributed by atoms with van der Waals surface area (Å²) < 4.78 is 24.3. The lowest BCUT2D eigenvalue weighted by molar-refractivity contribution is -0.0464. The average Bonchev–Trinajstić information content (AvgIpc) is 2.87. The summed E-state index contributed by atoms with van der Waals surface area (Å²) >= 11 is 0. The first-order valence-electron chi connectivity index (χ1n) is 11.7. The summed E-state index contributed by atoms with van der Waals surface area (Å²) in [6.45, 7) is 1.32. The molecule has 0 aliphatic carbocycles. The van der Waals surface area contributed by atoms with Crippen LogP contribution in [0, 0.1) is 5.82 Å². The molecule has 3 amide bonds. The molecule has 0 saturated heterocycles. The van der Waals surface area contributed by atoms with Crippen LogP contribution >= 0.6 is 0 Å². The predicted octanol–water partition coefficient (Wildman–Crippen LogP) is 4.40. The minimum atomic E-state index is -0.942. The molecule has 8 nitrogen and oxygen atoms in total. The van der Waals surface area contributed by atoms with Crippen LogP contribution in [-0.2, 0) is 12.8 Å². The van der Waals surface area contributed by atoms with Crippen molar-refractivity contribution in [2.24, 2.45) is 5.73 Å². The molecular formula is C27H28FN3O5. The third-order valence-electron chi connectivity index (χ3n) is 5.94. The standard InChI is InChI=1S/C27H28FN3O5/c28-21-5-9-23(10-6-21)36-22-7-3-19(4-8-22)2-1-14-30-15-13-20-18-24(11-12-25(20)26(30)32)35-17-16-31(34)27(29)33/h3-12,18,34H,1-2,13-17H2,(H2,29,33). The Kier molecular flexibility index (Phi) is 8.02. The number of urea groups is 1. The van der Waals surface area contributed by atoms with Gasteiger partial charge < -0.3 is 20.1 Å². The fraction of sp³-hybridized carbons (Fsp3) is 0.259. The number of nitrogens with zero attached hydrogens (tertiary/aromatic N) is 2. The zero-order valence-corrected chi connectivity index (χ0v) is 19.7. The number of benzene rings is 3. The molecule has 0 saturated carbocycles. The Bertz CT molecular complexity index is 1200. The number of carbonyl (C=O) groups is 2. The smallest absolute Gasteiger partial charge is 0.338 e. The van der Waals surface area contributed by atoms with Gasteiger partial charge in [0.1, 0.15) is 29.7 Å². The Morgan fingerprint density at radius 1 is 1.03 bits per heavy atom. The number of rotatable bonds is 10. The number of hydrogen-bond acceptors (Lipinski definition) is 5. The van der Waals surface area contributed by atoms with Crippen molar-refractivity contribution < 1.29 is 28.7 Å². The van der Waals surface area contributed by atoms with E-state index in [1.807, 2.05) is 35.2 Å². The molecule has 4 rings (SSSR count). The third kappa shape index (κ3) is 6.51. The summed E-state index contributed by atoms with van der Waals surface area (Å²) in [5.74, 6) is 1.52. The summed E-state index contributed by atoms with van der Waals surface area (Å²) in [6.07, 6.45) is 2.38. The fourth-order valence-electron chi connectivity index (χ4n) is 4.01. The van der Waals surface area contributed by atoms with Gasteiger partial charge in [-0.25, -0.2) is 14.2 Å². The second kappa shape index (κ2) is 11.5. The molecule has 3 aromatic carbocycles. The summed E-state index contributed by atoms with van der Waals surface area (Å²) in [5, 5.41) is 9.68. The van der Waals surface area contributed by atoms with Gasteiger partial charge >= 0.3 is 6.03 Å². The monoisotopic (exact) mass is 493 g/mol. The number of hydrogen-bond donors (Lipinski definition) is 2. The Balaban J connectivity index is 1.24. The highest BCUT2D eigenvalue weighted by atomic mass is 19.1. The summed E-state index contributed by atoms with van der Waals surface area (Å²) in [5.41, 5.74) is 7.69. The predicted molar refractivity (Wildman–Crippen MR) is 131 cm³/mol. The van der Waals surface area contributed by atoms with Crippen molar-refractivity contribution in [1.82, 2.24) is 9.96 Å². The van der Waals surface area contributed by atoms with Crippen molar-refractivity contribution in [3.05, 3.63) is 89.2 Å². The van der Waals surface area contributed by atoms with Gasteiger partial charge in [-0.2, -0.15) is 0 Å². The van der Waals surface area contributed by atoms with E-state index < -0.39 is 6.03 Å². The van der Waals surface area contributed by atoms with Crippen molar-refractivity contribution in [2.75, 3.05) is 26.2 Å². The molecule has 0 atom stereocenters. The number of aryl methyl sites for hydroxylation is 1. The number of ether oxygens (including phenoxy) is 2. The molecule has 0 aromatic heterocycles. The second-order valence-electron chi connectivity index (χ2n) is 8.47. The van der Waals surface area contributed by atoms with Crippen LogP contribution in [0.3, 0.4) is 0 Å². The molecule has 9 heteroatoms. The van der Waals surface area contributed by atoms with Crippen LogP contribution in [0.2, 0.25) is 0 Å². The van der Waals surface area contributed by atoms with Crippen LogP contribution in [0.5, 0.6) is 17.2 Å². The maximum atomic E-state index is 13.0. The molecule has 0 unspecified atom stereocenters. The number of halogens is 1. The molecule has 188 valence electrons. The van der Waals surface area contributed by atoms with E-state index in [0.29, 0.717) is 41.0 Å². The number of carbonyl (C=O) groups excluding carboxylic acids is 2. The van der Waals surface area contributed by atoms with Gasteiger partial charge in [-0.1, -0.05) is 12.1 Å². The van der Waals surface area contributed by atoms with Crippen molar-refractivity contribution in [3.8, 4) is 17.2 Å². The lowest BCUT2D eigenvalue weighted by Gasteiger charge is -2.29. The summed E-state index contributed by atoms with van der Waals surface area (Å²) in [7, 11) is 0. The number of nitrogens with two attached hydrogens (primary N) is 1. The highest BCUT2D eigenvalue weighted by molar-refractivity contribution is 5.97. The van der Waals surface area contributed by atoms with E-state index in [1.165, 1.54) is 12.1 Å². The van der Waals surface area contributed by atoms with Gasteiger partial charge in [0.2, 0.25) is 0 Å². The third-order valence-corrected chi connectivity index (χ3v) is 5.94. The van der Waals surface area contributed by atoms with E-state index in [-0.39, 0.29) is 24.9 Å². The Morgan fingerprint density at radius 3 is 2.39 bits per heavy atom. The Morgan fingerprint density at radius 2 is 1.69 bits per heavy atom. The first-order valence-corrected chi connectivity index (χ1v) is 11.7. The molecule has 0 fully saturated rings. The average molecular weight is 494 g/mol. The molecular weight excluding hydrogens is 465 g/mol. The molecule has 3 aromatic rings. The minimum absolute atomic E-state index is 0.00103. The molecule has 36 heavy (non-hydrogen) atoms. The molecule has 0 spiro atoms. The van der Waals surface area contributed by atoms with Gasteiger partial charge in [0, 0.05) is 18.7 Å². The van der Waals surface area contributed by atoms with Crippen molar-refractivity contribution in [2.45, 2.75) is 19.3 Å². The highest BCUT2D eigenvalue weighted by Crippen LogP contribution is 2.25. The largest absolute Gasteiger partial charge is 0.492 e. The number of hydroxylamine groups is 2. The van der Waals surface area contributed by atoms with Crippen LogP contribution in [0.4, 0.5) is 9.18 Å². The van der Waals surface area contributed by atoms with E-state index >= 15 is 0 Å². The van der Waals surface area contributed by atoms with Crippen LogP contribution in [-0.4, -0.2) is 53.3 Å². The van der Waals surface area contributed by atoms with E-state index in [2.05, 4.69) is 0 Å². The van der Waals surface area contributed by atoms with Crippen molar-refractivity contribution in [3.63, 3.8) is 0 Å². The van der Waals surface area contributed by atoms with Gasteiger partial charge in [0.25, 0.3) is 5.91 Å². The van der Waals surface area contributed by atoms with Crippen molar-refractivity contribution >= 4 is 11.9 Å². The SMILES string of the molecule is NC(=O)N(O)CCOc1ccc2c(c1)CCN(CCCc1ccc(Oc3ccc(F)cc3)cc1)C2=O. The number of fused-ring (bicyclic) bond motifs is 1. The summed E-state index contributed by atoms with van der Waals surface area (Å²) in [6, 6.07) is 18.0. The van der Waals surface area contributed by atoms with Gasteiger partial charge in [0.15, 0.2) is 0 Å². The maximum absolute atomic E-state index is 13.0. The lowest BCUT2D eigenvalue weighted by Crippen LogP contribution is -2.38. The molecule has 0 radical (unpaired) electrons. The quantitative estimate of drug-likeness (QED) is 0.322. The van der Waals surface area contributed by atoms with Gasteiger partial charge in [-0.05, 0) is 85.0 Å². The molecule has 1 aliphatic heterocycles. The fourth-order valence-corrected chi connectivity index (χ4v) is 4.01. The second-order valence-corrected chi connectivity index (χ2v) is 8.47. The van der Waals surface area contributed by atoms with Crippen molar-refractivity contribution in [1.29, 1.82) is 0 Å². The van der Waals surface area contributed by atoms with Gasteiger partial charge in [-0.15, -0.1) is 0 Å². The van der Waals surface area contributed by atoms with E-state index in [0.717, 1.165) is 30.4 Å². The first kappa shape index (κ1) is 25.0. The molecule has 0 bridgehead atoms. The van der Waals surface area contributed by atoms with Crippen LogP contribution in [0.1, 0.15) is 27.9 Å². The first-order chi connectivity index (χ1) is 17.4. The highest BCUT2D eigenvalue weighted by Gasteiger charge is 2.24. The topological polar surface area (TPSA) is 105 Å². The van der Waals surface area contributed by atoms with Crippen LogP contribution in [0.25, 0.3) is 0 Å². The van der Waals surface area contributed by atoms with Gasteiger partial charge in [0.05, 0.1) is 6.54 Å². The minimum Gasteiger partial charge on any atom is -0.492 e. The zero-order chi connectivity index (χ0) is 25.5. The van der Waals surface area contributed by atoms with E-state index in [4.69, 9.17) is 15.2 Å². The molecule has 1 aliphatic rings. The molecule has 3 N–H and O–H groups in total. The normalized spacial score (nSPS) is 12.7. The maximum Gasteiger partial charge on any atom is 0.338 e. The summed E-state index contributed by atoms with van der Waals surface area (Å²) in [4.78, 5) is 25.6. The Labute approximate surface area is 208 Å². The van der Waals surface area contributed by atoms with Gasteiger partial charge in [-0.3, -0.25) is 10.0 Å².